The maximum atomic E-state index is 5.36. The molecule has 0 aliphatic carbocycles. The Bertz CT molecular complexity index is 361. The van der Waals surface area contributed by atoms with E-state index in [1.165, 1.54) is 15.6 Å². The van der Waals surface area contributed by atoms with Crippen LogP contribution in [0.1, 0.15) is 22.5 Å². The standard InChI is InChI=1S/C13H23N3OS/c1-3-14-10-12-11(2)15-13(18-12)4-5-16-6-8-17-9-7-16/h14H,3-10H2,1-2H3. The summed E-state index contributed by atoms with van der Waals surface area (Å²) in [7, 11) is 0. The van der Waals surface area contributed by atoms with Crippen LogP contribution in [0.3, 0.4) is 0 Å². The summed E-state index contributed by atoms with van der Waals surface area (Å²) in [5.41, 5.74) is 1.19. The van der Waals surface area contributed by atoms with Gasteiger partial charge in [-0.05, 0) is 13.5 Å². The molecule has 1 aromatic heterocycles. The van der Waals surface area contributed by atoms with Crippen molar-refractivity contribution in [2.75, 3.05) is 39.4 Å². The highest BCUT2D eigenvalue weighted by molar-refractivity contribution is 7.11. The molecule has 1 fully saturated rings. The minimum Gasteiger partial charge on any atom is -0.379 e. The number of thiazole rings is 1. The first-order chi connectivity index (χ1) is 8.79. The van der Waals surface area contributed by atoms with Gasteiger partial charge in [-0.3, -0.25) is 4.90 Å². The van der Waals surface area contributed by atoms with E-state index in [9.17, 15) is 0 Å². The van der Waals surface area contributed by atoms with E-state index in [0.717, 1.165) is 52.4 Å². The highest BCUT2D eigenvalue weighted by Crippen LogP contribution is 2.18. The van der Waals surface area contributed by atoms with Crippen LogP contribution in [0, 0.1) is 6.92 Å². The number of nitrogens with one attached hydrogen (secondary N) is 1. The topological polar surface area (TPSA) is 37.4 Å². The van der Waals surface area contributed by atoms with Crippen molar-refractivity contribution in [2.45, 2.75) is 26.8 Å². The fourth-order valence-corrected chi connectivity index (χ4v) is 3.10. The van der Waals surface area contributed by atoms with Gasteiger partial charge in [-0.15, -0.1) is 11.3 Å². The molecule has 1 N–H and O–H groups in total. The molecular weight excluding hydrogens is 246 g/mol. The van der Waals surface area contributed by atoms with Crippen LogP contribution in [0.25, 0.3) is 0 Å². The number of aromatic nitrogens is 1. The van der Waals surface area contributed by atoms with Crippen LogP contribution in [0.2, 0.25) is 0 Å². The molecule has 0 radical (unpaired) electrons. The average Bonchev–Trinajstić information content (AvgIpc) is 2.76. The second kappa shape index (κ2) is 7.19. The molecule has 2 heterocycles. The van der Waals surface area contributed by atoms with E-state index in [2.05, 4.69) is 29.0 Å². The summed E-state index contributed by atoms with van der Waals surface area (Å²) in [6, 6.07) is 0. The van der Waals surface area contributed by atoms with Gasteiger partial charge in [0.1, 0.15) is 0 Å². The number of morpholine rings is 1. The van der Waals surface area contributed by atoms with Gasteiger partial charge in [-0.25, -0.2) is 4.98 Å². The third-order valence-corrected chi connectivity index (χ3v) is 4.44. The smallest absolute Gasteiger partial charge is 0.0944 e. The Morgan fingerprint density at radius 2 is 2.17 bits per heavy atom. The van der Waals surface area contributed by atoms with Gasteiger partial charge in [-0.2, -0.15) is 0 Å². The lowest BCUT2D eigenvalue weighted by atomic mass is 10.3. The van der Waals surface area contributed by atoms with E-state index >= 15 is 0 Å². The predicted molar refractivity (Wildman–Crippen MR) is 75.2 cm³/mol. The Hall–Kier alpha value is -0.490. The van der Waals surface area contributed by atoms with Crippen LogP contribution in [0.15, 0.2) is 0 Å². The monoisotopic (exact) mass is 269 g/mol. The second-order valence-corrected chi connectivity index (χ2v) is 5.77. The molecule has 0 amide bonds. The van der Waals surface area contributed by atoms with Crippen LogP contribution in [-0.2, 0) is 17.7 Å². The summed E-state index contributed by atoms with van der Waals surface area (Å²) in [6.07, 6.45) is 1.07. The van der Waals surface area contributed by atoms with Crippen molar-refractivity contribution >= 4 is 11.3 Å². The van der Waals surface area contributed by atoms with E-state index in [-0.39, 0.29) is 0 Å². The van der Waals surface area contributed by atoms with Crippen molar-refractivity contribution in [1.29, 1.82) is 0 Å². The molecule has 2 rings (SSSR count). The van der Waals surface area contributed by atoms with Crippen molar-refractivity contribution in [2.24, 2.45) is 0 Å². The predicted octanol–water partition coefficient (Wildman–Crippen LogP) is 1.44. The minimum atomic E-state index is 0.878. The third-order valence-electron chi connectivity index (χ3n) is 3.22. The lowest BCUT2D eigenvalue weighted by Crippen LogP contribution is -2.37. The molecule has 0 bridgehead atoms. The zero-order valence-corrected chi connectivity index (χ0v) is 12.2. The lowest BCUT2D eigenvalue weighted by Gasteiger charge is -2.25. The molecule has 5 heteroatoms. The van der Waals surface area contributed by atoms with Crippen molar-refractivity contribution < 1.29 is 4.74 Å². The van der Waals surface area contributed by atoms with E-state index in [0.29, 0.717) is 0 Å². The maximum Gasteiger partial charge on any atom is 0.0944 e. The molecule has 1 aliphatic heterocycles. The van der Waals surface area contributed by atoms with Crippen LogP contribution in [0.5, 0.6) is 0 Å². The summed E-state index contributed by atoms with van der Waals surface area (Å²) < 4.78 is 5.36. The molecule has 0 spiro atoms. The molecule has 1 aliphatic rings. The number of hydrogen-bond donors (Lipinski definition) is 1. The number of aryl methyl sites for hydroxylation is 1. The summed E-state index contributed by atoms with van der Waals surface area (Å²) in [6.45, 7) is 11.2. The normalized spacial score (nSPS) is 17.2. The Kier molecular flexibility index (Phi) is 5.56. The molecule has 0 atom stereocenters. The fourth-order valence-electron chi connectivity index (χ4n) is 2.08. The molecule has 18 heavy (non-hydrogen) atoms. The molecular formula is C13H23N3OS. The van der Waals surface area contributed by atoms with Crippen molar-refractivity contribution in [3.8, 4) is 0 Å². The highest BCUT2D eigenvalue weighted by Gasteiger charge is 2.12. The highest BCUT2D eigenvalue weighted by atomic mass is 32.1. The van der Waals surface area contributed by atoms with Gasteiger partial charge in [0.25, 0.3) is 0 Å². The molecule has 0 unspecified atom stereocenters. The zero-order chi connectivity index (χ0) is 12.8. The van der Waals surface area contributed by atoms with Crippen LogP contribution in [-0.4, -0.2) is 49.3 Å². The molecule has 102 valence electrons. The van der Waals surface area contributed by atoms with E-state index in [4.69, 9.17) is 4.74 Å². The molecule has 0 saturated carbocycles. The van der Waals surface area contributed by atoms with Gasteiger partial charge < -0.3 is 10.1 Å². The average molecular weight is 269 g/mol. The van der Waals surface area contributed by atoms with Crippen molar-refractivity contribution in [3.63, 3.8) is 0 Å². The summed E-state index contributed by atoms with van der Waals surface area (Å²) >= 11 is 1.86. The number of rotatable bonds is 6. The zero-order valence-electron chi connectivity index (χ0n) is 11.4. The Labute approximate surface area is 113 Å². The maximum absolute atomic E-state index is 5.36. The van der Waals surface area contributed by atoms with Gasteiger partial charge >= 0.3 is 0 Å². The van der Waals surface area contributed by atoms with Crippen LogP contribution >= 0.6 is 11.3 Å². The van der Waals surface area contributed by atoms with Crippen molar-refractivity contribution in [3.05, 3.63) is 15.6 Å². The lowest BCUT2D eigenvalue weighted by molar-refractivity contribution is 0.0384. The molecule has 1 saturated heterocycles. The SMILES string of the molecule is CCNCc1sc(CCN2CCOCC2)nc1C. The van der Waals surface area contributed by atoms with E-state index in [1.54, 1.807) is 0 Å². The van der Waals surface area contributed by atoms with E-state index < -0.39 is 0 Å². The minimum absolute atomic E-state index is 0.878. The van der Waals surface area contributed by atoms with Crippen molar-refractivity contribution in [1.82, 2.24) is 15.2 Å². The Balaban J connectivity index is 1.81. The van der Waals surface area contributed by atoms with Gasteiger partial charge in [0.2, 0.25) is 0 Å². The van der Waals surface area contributed by atoms with Gasteiger partial charge in [0, 0.05) is 37.5 Å². The summed E-state index contributed by atoms with van der Waals surface area (Å²) in [5.74, 6) is 0. The molecule has 1 aromatic rings. The largest absolute Gasteiger partial charge is 0.379 e. The number of hydrogen-bond acceptors (Lipinski definition) is 5. The quantitative estimate of drug-likeness (QED) is 0.848. The summed E-state index contributed by atoms with van der Waals surface area (Å²) in [4.78, 5) is 8.51. The summed E-state index contributed by atoms with van der Waals surface area (Å²) in [5, 5.41) is 4.64. The first-order valence-corrected chi connectivity index (χ1v) is 7.57. The first kappa shape index (κ1) is 13.9. The Morgan fingerprint density at radius 3 is 2.89 bits per heavy atom. The second-order valence-electron chi connectivity index (χ2n) is 4.60. The fraction of sp³-hybridized carbons (Fsp3) is 0.769. The number of nitrogens with zero attached hydrogens (tertiary/aromatic N) is 2. The third kappa shape index (κ3) is 4.02. The molecule has 4 nitrogen and oxygen atoms in total. The van der Waals surface area contributed by atoms with Gasteiger partial charge in [-0.1, -0.05) is 6.92 Å². The Morgan fingerprint density at radius 1 is 1.39 bits per heavy atom. The van der Waals surface area contributed by atoms with E-state index in [1.807, 2.05) is 11.3 Å². The van der Waals surface area contributed by atoms with Crippen LogP contribution in [0.4, 0.5) is 0 Å². The number of ether oxygens (including phenoxy) is 1. The first-order valence-electron chi connectivity index (χ1n) is 6.75. The van der Waals surface area contributed by atoms with Crippen LogP contribution < -0.4 is 5.32 Å². The van der Waals surface area contributed by atoms with Gasteiger partial charge in [0.15, 0.2) is 0 Å². The van der Waals surface area contributed by atoms with Gasteiger partial charge in [0.05, 0.1) is 23.9 Å². The molecule has 0 aromatic carbocycles.